The van der Waals surface area contributed by atoms with Gasteiger partial charge in [0, 0.05) is 18.4 Å². The lowest BCUT2D eigenvalue weighted by Crippen LogP contribution is -2.18. The first-order chi connectivity index (χ1) is 8.65. The van der Waals surface area contributed by atoms with E-state index in [2.05, 4.69) is 10.3 Å². The minimum Gasteiger partial charge on any atom is -0.381 e. The summed E-state index contributed by atoms with van der Waals surface area (Å²) in [5, 5.41) is 3.33. The maximum atomic E-state index is 13.5. The second kappa shape index (κ2) is 5.63. The molecule has 2 nitrogen and oxygen atoms in total. The van der Waals surface area contributed by atoms with Crippen LogP contribution in [0.15, 0.2) is 42.7 Å². The van der Waals surface area contributed by atoms with Crippen LogP contribution in [-0.2, 0) is 6.42 Å². The summed E-state index contributed by atoms with van der Waals surface area (Å²) in [4.78, 5) is 4.13. The van der Waals surface area contributed by atoms with Gasteiger partial charge in [-0.05, 0) is 43.5 Å². The summed E-state index contributed by atoms with van der Waals surface area (Å²) in [6, 6.07) is 9.08. The van der Waals surface area contributed by atoms with Crippen molar-refractivity contribution in [2.45, 2.75) is 26.3 Å². The minimum absolute atomic E-state index is 0.145. The van der Waals surface area contributed by atoms with Crippen molar-refractivity contribution in [1.82, 2.24) is 4.98 Å². The number of hydrogen-bond acceptors (Lipinski definition) is 2. The molecule has 0 aliphatic carbocycles. The fourth-order valence-corrected chi connectivity index (χ4v) is 1.96. The molecule has 3 heteroatoms. The molecule has 1 N–H and O–H groups in total. The molecule has 0 saturated carbocycles. The highest BCUT2D eigenvalue weighted by Gasteiger charge is 2.07. The average molecular weight is 244 g/mol. The molecule has 0 fully saturated rings. The van der Waals surface area contributed by atoms with Gasteiger partial charge in [0.25, 0.3) is 0 Å². The number of pyridine rings is 1. The van der Waals surface area contributed by atoms with E-state index >= 15 is 0 Å². The van der Waals surface area contributed by atoms with Crippen LogP contribution >= 0.6 is 0 Å². The summed E-state index contributed by atoms with van der Waals surface area (Å²) < 4.78 is 13.5. The Bertz CT molecular complexity index is 525. The van der Waals surface area contributed by atoms with Crippen LogP contribution in [0.5, 0.6) is 0 Å². The lowest BCUT2D eigenvalue weighted by atomic mass is 10.1. The molecular formula is C15H17FN2. The van der Waals surface area contributed by atoms with E-state index < -0.39 is 0 Å². The molecule has 94 valence electrons. The zero-order chi connectivity index (χ0) is 13.0. The molecule has 1 atom stereocenters. The van der Waals surface area contributed by atoms with Gasteiger partial charge in [-0.25, -0.2) is 4.39 Å². The van der Waals surface area contributed by atoms with Gasteiger partial charge in [0.15, 0.2) is 0 Å². The number of anilines is 1. The predicted octanol–water partition coefficient (Wildman–Crippen LogP) is 3.57. The fraction of sp³-hybridized carbons (Fsp3) is 0.267. The number of halogens is 1. The third kappa shape index (κ3) is 3.29. The van der Waals surface area contributed by atoms with Crippen molar-refractivity contribution in [1.29, 1.82) is 0 Å². The van der Waals surface area contributed by atoms with Gasteiger partial charge in [-0.3, -0.25) is 4.98 Å². The van der Waals surface area contributed by atoms with Crippen LogP contribution in [-0.4, -0.2) is 11.0 Å². The minimum atomic E-state index is -0.145. The number of aryl methyl sites for hydroxylation is 1. The summed E-state index contributed by atoms with van der Waals surface area (Å²) in [7, 11) is 0. The number of nitrogens with one attached hydrogen (secondary N) is 1. The van der Waals surface area contributed by atoms with E-state index in [0.717, 1.165) is 16.8 Å². The number of benzene rings is 1. The van der Waals surface area contributed by atoms with Gasteiger partial charge in [0.05, 0.1) is 5.69 Å². The van der Waals surface area contributed by atoms with E-state index in [-0.39, 0.29) is 11.9 Å². The second-order valence-electron chi connectivity index (χ2n) is 4.59. The van der Waals surface area contributed by atoms with Crippen molar-refractivity contribution in [2.75, 3.05) is 5.32 Å². The van der Waals surface area contributed by atoms with Crippen LogP contribution in [0.2, 0.25) is 0 Å². The van der Waals surface area contributed by atoms with Crippen LogP contribution in [0.4, 0.5) is 10.1 Å². The zero-order valence-corrected chi connectivity index (χ0v) is 10.7. The van der Waals surface area contributed by atoms with Gasteiger partial charge >= 0.3 is 0 Å². The maximum absolute atomic E-state index is 13.5. The van der Waals surface area contributed by atoms with Crippen LogP contribution in [0.25, 0.3) is 0 Å². The molecule has 2 rings (SSSR count). The molecule has 2 aromatic rings. The van der Waals surface area contributed by atoms with Crippen molar-refractivity contribution in [3.05, 3.63) is 59.7 Å². The van der Waals surface area contributed by atoms with Gasteiger partial charge in [-0.1, -0.05) is 18.2 Å². The first kappa shape index (κ1) is 12.6. The maximum Gasteiger partial charge on any atom is 0.126 e. The summed E-state index contributed by atoms with van der Waals surface area (Å²) in [5.74, 6) is -0.145. The van der Waals surface area contributed by atoms with Crippen LogP contribution in [0.1, 0.15) is 18.1 Å². The van der Waals surface area contributed by atoms with Crippen molar-refractivity contribution in [2.24, 2.45) is 0 Å². The van der Waals surface area contributed by atoms with E-state index in [9.17, 15) is 4.39 Å². The van der Waals surface area contributed by atoms with Gasteiger partial charge in [0.1, 0.15) is 5.82 Å². The van der Waals surface area contributed by atoms with Gasteiger partial charge in [0.2, 0.25) is 0 Å². The second-order valence-corrected chi connectivity index (χ2v) is 4.59. The standard InChI is InChI=1S/C15H17FN2/c1-11-7-14(10-17-9-11)18-12(2)8-13-5-3-4-6-15(13)16/h3-7,9-10,12,18H,8H2,1-2H3. The first-order valence-corrected chi connectivity index (χ1v) is 6.07. The van der Waals surface area contributed by atoms with Gasteiger partial charge < -0.3 is 5.32 Å². The number of nitrogens with zero attached hydrogens (tertiary/aromatic N) is 1. The third-order valence-electron chi connectivity index (χ3n) is 2.77. The van der Waals surface area contributed by atoms with E-state index in [1.807, 2.05) is 38.2 Å². The van der Waals surface area contributed by atoms with Gasteiger partial charge in [-0.15, -0.1) is 0 Å². The van der Waals surface area contributed by atoms with E-state index in [1.165, 1.54) is 6.07 Å². The molecule has 0 radical (unpaired) electrons. The van der Waals surface area contributed by atoms with E-state index in [1.54, 1.807) is 12.3 Å². The SMILES string of the molecule is Cc1cncc(NC(C)Cc2ccccc2F)c1. The van der Waals surface area contributed by atoms with Crippen LogP contribution in [0.3, 0.4) is 0 Å². The molecule has 0 spiro atoms. The Morgan fingerprint density at radius 1 is 1.28 bits per heavy atom. The van der Waals surface area contributed by atoms with E-state index in [0.29, 0.717) is 6.42 Å². The Morgan fingerprint density at radius 3 is 2.78 bits per heavy atom. The number of hydrogen-bond donors (Lipinski definition) is 1. The lowest BCUT2D eigenvalue weighted by Gasteiger charge is -2.15. The first-order valence-electron chi connectivity index (χ1n) is 6.07. The molecule has 1 unspecified atom stereocenters. The fourth-order valence-electron chi connectivity index (χ4n) is 1.96. The highest BCUT2D eigenvalue weighted by Crippen LogP contribution is 2.13. The van der Waals surface area contributed by atoms with Crippen molar-refractivity contribution in [3.63, 3.8) is 0 Å². The highest BCUT2D eigenvalue weighted by atomic mass is 19.1. The number of rotatable bonds is 4. The van der Waals surface area contributed by atoms with Crippen molar-refractivity contribution < 1.29 is 4.39 Å². The van der Waals surface area contributed by atoms with Crippen molar-refractivity contribution in [3.8, 4) is 0 Å². The molecule has 0 aliphatic heterocycles. The average Bonchev–Trinajstić information content (AvgIpc) is 2.32. The van der Waals surface area contributed by atoms with Crippen LogP contribution in [0, 0.1) is 12.7 Å². The summed E-state index contributed by atoms with van der Waals surface area (Å²) in [6.45, 7) is 4.04. The molecule has 1 heterocycles. The summed E-state index contributed by atoms with van der Waals surface area (Å²) >= 11 is 0. The Labute approximate surface area is 107 Å². The third-order valence-corrected chi connectivity index (χ3v) is 2.77. The summed E-state index contributed by atoms with van der Waals surface area (Å²) in [6.07, 6.45) is 4.25. The topological polar surface area (TPSA) is 24.9 Å². The normalized spacial score (nSPS) is 12.2. The molecule has 0 saturated heterocycles. The number of aromatic nitrogens is 1. The Morgan fingerprint density at radius 2 is 2.06 bits per heavy atom. The van der Waals surface area contributed by atoms with Gasteiger partial charge in [-0.2, -0.15) is 0 Å². The highest BCUT2D eigenvalue weighted by molar-refractivity contribution is 5.43. The predicted molar refractivity (Wildman–Crippen MR) is 72.2 cm³/mol. The Balaban J connectivity index is 2.01. The molecule has 1 aromatic heterocycles. The Hall–Kier alpha value is -1.90. The smallest absolute Gasteiger partial charge is 0.126 e. The monoisotopic (exact) mass is 244 g/mol. The summed E-state index contributed by atoms with van der Waals surface area (Å²) in [5.41, 5.74) is 2.81. The van der Waals surface area contributed by atoms with E-state index in [4.69, 9.17) is 0 Å². The molecule has 1 aromatic carbocycles. The Kier molecular flexibility index (Phi) is 3.92. The molecule has 0 aliphatic rings. The largest absolute Gasteiger partial charge is 0.381 e. The quantitative estimate of drug-likeness (QED) is 0.889. The zero-order valence-electron chi connectivity index (χ0n) is 10.7. The molecule has 18 heavy (non-hydrogen) atoms. The lowest BCUT2D eigenvalue weighted by molar-refractivity contribution is 0.601. The molecular weight excluding hydrogens is 227 g/mol. The van der Waals surface area contributed by atoms with Crippen molar-refractivity contribution >= 4 is 5.69 Å². The van der Waals surface area contributed by atoms with Crippen LogP contribution < -0.4 is 5.32 Å². The molecule has 0 bridgehead atoms. The molecule has 0 amide bonds.